The second kappa shape index (κ2) is 5.25. The predicted molar refractivity (Wildman–Crippen MR) is 61.0 cm³/mol. The summed E-state index contributed by atoms with van der Waals surface area (Å²) in [7, 11) is 0. The molecule has 0 aliphatic carbocycles. The van der Waals surface area contributed by atoms with Gasteiger partial charge in [-0.1, -0.05) is 26.3 Å². The molecule has 1 atom stereocenters. The number of benzene rings is 1. The van der Waals surface area contributed by atoms with Crippen molar-refractivity contribution in [3.05, 3.63) is 24.0 Å². The van der Waals surface area contributed by atoms with Crippen molar-refractivity contribution in [2.45, 2.75) is 25.2 Å². The van der Waals surface area contributed by atoms with Crippen LogP contribution in [0.5, 0.6) is 0 Å². The van der Waals surface area contributed by atoms with Crippen molar-refractivity contribution >= 4 is 17.4 Å². The number of thioether (sulfide) groups is 1. The van der Waals surface area contributed by atoms with Crippen LogP contribution >= 0.6 is 11.8 Å². The van der Waals surface area contributed by atoms with Crippen LogP contribution in [0, 0.1) is 11.7 Å². The molecule has 0 radical (unpaired) electrons. The SMILES string of the molecule is CCC(C)CSc1cccc(F)c1N. The van der Waals surface area contributed by atoms with Gasteiger partial charge in [0.2, 0.25) is 0 Å². The van der Waals surface area contributed by atoms with Gasteiger partial charge in [-0.25, -0.2) is 4.39 Å². The first kappa shape index (κ1) is 11.4. The van der Waals surface area contributed by atoms with E-state index in [1.807, 2.05) is 6.07 Å². The number of hydrogen-bond donors (Lipinski definition) is 1. The molecule has 0 aromatic heterocycles. The lowest BCUT2D eigenvalue weighted by atomic mass is 10.2. The Kier molecular flexibility index (Phi) is 4.26. The van der Waals surface area contributed by atoms with Crippen molar-refractivity contribution in [3.8, 4) is 0 Å². The van der Waals surface area contributed by atoms with E-state index in [9.17, 15) is 4.39 Å². The van der Waals surface area contributed by atoms with Gasteiger partial charge >= 0.3 is 0 Å². The Morgan fingerprint density at radius 3 is 2.86 bits per heavy atom. The van der Waals surface area contributed by atoms with Crippen LogP contribution in [0.1, 0.15) is 20.3 Å². The average molecular weight is 213 g/mol. The van der Waals surface area contributed by atoms with E-state index >= 15 is 0 Å². The normalized spacial score (nSPS) is 12.8. The van der Waals surface area contributed by atoms with Crippen molar-refractivity contribution < 1.29 is 4.39 Å². The maximum atomic E-state index is 13.0. The zero-order valence-corrected chi connectivity index (χ0v) is 9.40. The van der Waals surface area contributed by atoms with E-state index in [-0.39, 0.29) is 11.5 Å². The highest BCUT2D eigenvalue weighted by Gasteiger charge is 2.06. The Morgan fingerprint density at radius 2 is 2.21 bits per heavy atom. The van der Waals surface area contributed by atoms with Crippen molar-refractivity contribution in [2.75, 3.05) is 11.5 Å². The van der Waals surface area contributed by atoms with Gasteiger partial charge in [0.15, 0.2) is 0 Å². The van der Waals surface area contributed by atoms with Gasteiger partial charge in [0.25, 0.3) is 0 Å². The number of nitrogens with two attached hydrogens (primary N) is 1. The maximum absolute atomic E-state index is 13.0. The molecule has 1 rings (SSSR count). The molecule has 0 aliphatic heterocycles. The third-order valence-corrected chi connectivity index (χ3v) is 3.64. The summed E-state index contributed by atoms with van der Waals surface area (Å²) in [4.78, 5) is 0.852. The summed E-state index contributed by atoms with van der Waals surface area (Å²) in [5.41, 5.74) is 5.89. The maximum Gasteiger partial charge on any atom is 0.147 e. The quantitative estimate of drug-likeness (QED) is 0.611. The van der Waals surface area contributed by atoms with E-state index in [4.69, 9.17) is 5.73 Å². The minimum atomic E-state index is -0.320. The molecule has 0 fully saturated rings. The average Bonchev–Trinajstić information content (AvgIpc) is 2.20. The molecule has 1 unspecified atom stereocenters. The minimum absolute atomic E-state index is 0.279. The van der Waals surface area contributed by atoms with Gasteiger partial charge in [0.05, 0.1) is 5.69 Å². The molecule has 0 aliphatic rings. The van der Waals surface area contributed by atoms with Gasteiger partial charge in [0.1, 0.15) is 5.82 Å². The van der Waals surface area contributed by atoms with Crippen LogP contribution in [-0.4, -0.2) is 5.75 Å². The summed E-state index contributed by atoms with van der Waals surface area (Å²) in [5.74, 6) is 1.31. The van der Waals surface area contributed by atoms with Crippen LogP contribution in [0.4, 0.5) is 10.1 Å². The second-order valence-electron chi connectivity index (χ2n) is 3.48. The van der Waals surface area contributed by atoms with Crippen LogP contribution in [0.3, 0.4) is 0 Å². The Bertz CT molecular complexity index is 301. The summed E-state index contributed by atoms with van der Waals surface area (Å²) < 4.78 is 13.0. The molecule has 1 nitrogen and oxygen atoms in total. The molecule has 3 heteroatoms. The molecule has 1 aromatic carbocycles. The lowest BCUT2D eigenvalue weighted by molar-refractivity contribution is 0.628. The van der Waals surface area contributed by atoms with Crippen molar-refractivity contribution in [2.24, 2.45) is 5.92 Å². The lowest BCUT2D eigenvalue weighted by Crippen LogP contribution is -1.98. The lowest BCUT2D eigenvalue weighted by Gasteiger charge is -2.09. The van der Waals surface area contributed by atoms with Crippen LogP contribution < -0.4 is 5.73 Å². The standard InChI is InChI=1S/C11H16FNS/c1-3-8(2)7-14-10-6-4-5-9(12)11(10)13/h4-6,8H,3,7,13H2,1-2H3. The zero-order chi connectivity index (χ0) is 10.6. The van der Waals surface area contributed by atoms with E-state index < -0.39 is 0 Å². The van der Waals surface area contributed by atoms with Crippen LogP contribution in [0.15, 0.2) is 23.1 Å². The van der Waals surface area contributed by atoms with Crippen molar-refractivity contribution in [1.82, 2.24) is 0 Å². The Labute approximate surface area is 88.9 Å². The fourth-order valence-electron chi connectivity index (χ4n) is 0.993. The topological polar surface area (TPSA) is 26.0 Å². The first-order valence-corrected chi connectivity index (χ1v) is 5.80. The van der Waals surface area contributed by atoms with Crippen LogP contribution in [-0.2, 0) is 0 Å². The second-order valence-corrected chi connectivity index (χ2v) is 4.54. The number of rotatable bonds is 4. The number of nitrogen functional groups attached to an aromatic ring is 1. The fourth-order valence-corrected chi connectivity index (χ4v) is 2.12. The molecule has 2 N–H and O–H groups in total. The van der Waals surface area contributed by atoms with Crippen LogP contribution in [0.2, 0.25) is 0 Å². The van der Waals surface area contributed by atoms with Gasteiger partial charge in [-0.3, -0.25) is 0 Å². The summed E-state index contributed by atoms with van der Waals surface area (Å²) in [6.45, 7) is 4.34. The van der Waals surface area contributed by atoms with Gasteiger partial charge in [0, 0.05) is 10.6 Å². The summed E-state index contributed by atoms with van der Waals surface area (Å²) in [5, 5.41) is 0. The fraction of sp³-hybridized carbons (Fsp3) is 0.455. The molecule has 1 aromatic rings. The van der Waals surface area contributed by atoms with Crippen molar-refractivity contribution in [3.63, 3.8) is 0 Å². The van der Waals surface area contributed by atoms with E-state index in [0.717, 1.165) is 17.1 Å². The Balaban J connectivity index is 2.63. The molecular formula is C11H16FNS. The van der Waals surface area contributed by atoms with Crippen molar-refractivity contribution in [1.29, 1.82) is 0 Å². The van der Waals surface area contributed by atoms with Gasteiger partial charge in [-0.15, -0.1) is 11.8 Å². The van der Waals surface area contributed by atoms with Gasteiger partial charge in [-0.05, 0) is 18.1 Å². The molecule has 0 spiro atoms. The molecular weight excluding hydrogens is 197 g/mol. The van der Waals surface area contributed by atoms with Gasteiger partial charge < -0.3 is 5.73 Å². The predicted octanol–water partition coefficient (Wildman–Crippen LogP) is 3.55. The molecule has 0 bridgehead atoms. The number of halogens is 1. The zero-order valence-electron chi connectivity index (χ0n) is 8.59. The molecule has 14 heavy (non-hydrogen) atoms. The molecule has 0 saturated carbocycles. The van der Waals surface area contributed by atoms with Gasteiger partial charge in [-0.2, -0.15) is 0 Å². The smallest absolute Gasteiger partial charge is 0.147 e. The van der Waals surface area contributed by atoms with E-state index in [0.29, 0.717) is 5.92 Å². The third-order valence-electron chi connectivity index (χ3n) is 2.23. The van der Waals surface area contributed by atoms with E-state index in [2.05, 4.69) is 13.8 Å². The minimum Gasteiger partial charge on any atom is -0.395 e. The third kappa shape index (κ3) is 2.91. The Hall–Kier alpha value is -0.700. The molecule has 0 saturated heterocycles. The highest BCUT2D eigenvalue weighted by atomic mass is 32.2. The summed E-state index contributed by atoms with van der Waals surface area (Å²) in [6.07, 6.45) is 1.14. The van der Waals surface area contributed by atoms with E-state index in [1.165, 1.54) is 6.07 Å². The number of hydrogen-bond acceptors (Lipinski definition) is 2. The largest absolute Gasteiger partial charge is 0.395 e. The van der Waals surface area contributed by atoms with Crippen LogP contribution in [0.25, 0.3) is 0 Å². The molecule has 0 heterocycles. The summed E-state index contributed by atoms with van der Waals surface area (Å²) >= 11 is 1.63. The molecule has 0 amide bonds. The summed E-state index contributed by atoms with van der Waals surface area (Å²) in [6, 6.07) is 4.96. The monoisotopic (exact) mass is 213 g/mol. The number of para-hydroxylation sites is 1. The highest BCUT2D eigenvalue weighted by Crippen LogP contribution is 2.28. The Morgan fingerprint density at radius 1 is 1.50 bits per heavy atom. The first-order valence-electron chi connectivity index (χ1n) is 4.82. The number of anilines is 1. The van der Waals surface area contributed by atoms with E-state index in [1.54, 1.807) is 17.8 Å². The molecule has 78 valence electrons. The highest BCUT2D eigenvalue weighted by molar-refractivity contribution is 7.99. The first-order chi connectivity index (χ1) is 6.65.